The monoisotopic (exact) mass is 212 g/mol. The van der Waals surface area contributed by atoms with Crippen molar-refractivity contribution in [3.05, 3.63) is 0 Å². The maximum absolute atomic E-state index is 5.90. The minimum Gasteiger partial charge on any atom is -0.381 e. The van der Waals surface area contributed by atoms with Crippen LogP contribution in [0.3, 0.4) is 0 Å². The number of hydrogen-bond donors (Lipinski definition) is 2. The number of ether oxygens (including phenoxy) is 1. The molecule has 3 nitrogen and oxygen atoms in total. The van der Waals surface area contributed by atoms with E-state index in [4.69, 9.17) is 10.5 Å². The van der Waals surface area contributed by atoms with Crippen molar-refractivity contribution in [2.45, 2.75) is 32.1 Å². The van der Waals surface area contributed by atoms with E-state index in [9.17, 15) is 0 Å². The molecule has 2 aliphatic rings. The van der Waals surface area contributed by atoms with Crippen LogP contribution in [0.5, 0.6) is 0 Å². The topological polar surface area (TPSA) is 47.3 Å². The summed E-state index contributed by atoms with van der Waals surface area (Å²) in [4.78, 5) is 0. The Hall–Kier alpha value is -0.120. The molecule has 2 rings (SSSR count). The summed E-state index contributed by atoms with van der Waals surface area (Å²) >= 11 is 0. The lowest BCUT2D eigenvalue weighted by Gasteiger charge is -2.28. The van der Waals surface area contributed by atoms with E-state index in [1.54, 1.807) is 0 Å². The second-order valence-corrected chi connectivity index (χ2v) is 5.27. The zero-order valence-electron chi connectivity index (χ0n) is 9.63. The highest BCUT2D eigenvalue weighted by molar-refractivity contribution is 4.87. The summed E-state index contributed by atoms with van der Waals surface area (Å²) in [7, 11) is 0. The van der Waals surface area contributed by atoms with E-state index in [0.29, 0.717) is 5.41 Å². The Balaban J connectivity index is 1.67. The van der Waals surface area contributed by atoms with Gasteiger partial charge in [-0.25, -0.2) is 0 Å². The van der Waals surface area contributed by atoms with E-state index in [2.05, 4.69) is 5.32 Å². The fraction of sp³-hybridized carbons (Fsp3) is 1.00. The van der Waals surface area contributed by atoms with Gasteiger partial charge in [0.15, 0.2) is 0 Å². The van der Waals surface area contributed by atoms with Crippen molar-refractivity contribution < 1.29 is 4.74 Å². The van der Waals surface area contributed by atoms with Crippen LogP contribution in [0.25, 0.3) is 0 Å². The zero-order chi connectivity index (χ0) is 10.6. The van der Waals surface area contributed by atoms with Gasteiger partial charge in [-0.2, -0.15) is 0 Å². The molecular formula is C12H24N2O. The van der Waals surface area contributed by atoms with Crippen molar-refractivity contribution in [1.82, 2.24) is 5.32 Å². The highest BCUT2D eigenvalue weighted by Gasteiger charge is 2.32. The lowest BCUT2D eigenvalue weighted by molar-refractivity contribution is 0.183. The van der Waals surface area contributed by atoms with Crippen molar-refractivity contribution >= 4 is 0 Å². The molecule has 1 heterocycles. The lowest BCUT2D eigenvalue weighted by Crippen LogP contribution is -2.40. The summed E-state index contributed by atoms with van der Waals surface area (Å²) < 4.78 is 5.37. The SMILES string of the molecule is NCC1(CNCC2CCOC2)CCCC1. The standard InChI is InChI=1S/C12H24N2O/c13-9-12(4-1-2-5-12)10-14-7-11-3-6-15-8-11/h11,14H,1-10,13H2. The smallest absolute Gasteiger partial charge is 0.0507 e. The summed E-state index contributed by atoms with van der Waals surface area (Å²) in [6, 6.07) is 0. The van der Waals surface area contributed by atoms with Crippen LogP contribution in [0.15, 0.2) is 0 Å². The molecule has 15 heavy (non-hydrogen) atoms. The highest BCUT2D eigenvalue weighted by Crippen LogP contribution is 2.36. The van der Waals surface area contributed by atoms with Crippen molar-refractivity contribution in [3.8, 4) is 0 Å². The largest absolute Gasteiger partial charge is 0.381 e. The first-order valence-corrected chi connectivity index (χ1v) is 6.33. The number of rotatable bonds is 5. The normalized spacial score (nSPS) is 29.8. The van der Waals surface area contributed by atoms with Gasteiger partial charge in [0, 0.05) is 19.7 Å². The van der Waals surface area contributed by atoms with E-state index in [1.807, 2.05) is 0 Å². The van der Waals surface area contributed by atoms with E-state index < -0.39 is 0 Å². The van der Waals surface area contributed by atoms with Gasteiger partial charge in [-0.1, -0.05) is 12.8 Å². The quantitative estimate of drug-likeness (QED) is 0.718. The number of hydrogen-bond acceptors (Lipinski definition) is 3. The molecule has 0 aromatic rings. The predicted molar refractivity (Wildman–Crippen MR) is 61.8 cm³/mol. The predicted octanol–water partition coefficient (Wildman–Crippen LogP) is 1.13. The van der Waals surface area contributed by atoms with Crippen LogP contribution in [-0.4, -0.2) is 32.8 Å². The molecule has 3 heteroatoms. The van der Waals surface area contributed by atoms with Crippen molar-refractivity contribution in [2.75, 3.05) is 32.8 Å². The molecule has 1 unspecified atom stereocenters. The molecule has 0 bridgehead atoms. The second kappa shape index (κ2) is 5.28. The Morgan fingerprint density at radius 3 is 2.73 bits per heavy atom. The second-order valence-electron chi connectivity index (χ2n) is 5.27. The Morgan fingerprint density at radius 1 is 1.33 bits per heavy atom. The van der Waals surface area contributed by atoms with Crippen LogP contribution >= 0.6 is 0 Å². The Labute approximate surface area is 92.7 Å². The van der Waals surface area contributed by atoms with Crippen LogP contribution in [0.1, 0.15) is 32.1 Å². The molecule has 1 aliphatic heterocycles. The average molecular weight is 212 g/mol. The van der Waals surface area contributed by atoms with Gasteiger partial charge in [0.05, 0.1) is 6.61 Å². The third-order valence-corrected chi connectivity index (χ3v) is 4.05. The van der Waals surface area contributed by atoms with Gasteiger partial charge in [0.25, 0.3) is 0 Å². The fourth-order valence-electron chi connectivity index (χ4n) is 2.86. The first-order valence-electron chi connectivity index (χ1n) is 6.33. The molecular weight excluding hydrogens is 188 g/mol. The molecule has 2 fully saturated rings. The van der Waals surface area contributed by atoms with E-state index in [-0.39, 0.29) is 0 Å². The summed E-state index contributed by atoms with van der Waals surface area (Å²) in [5.41, 5.74) is 6.31. The third kappa shape index (κ3) is 2.92. The number of nitrogens with two attached hydrogens (primary N) is 1. The first kappa shape index (κ1) is 11.4. The minimum absolute atomic E-state index is 0.416. The van der Waals surface area contributed by atoms with Crippen LogP contribution in [0.4, 0.5) is 0 Å². The van der Waals surface area contributed by atoms with Gasteiger partial charge >= 0.3 is 0 Å². The third-order valence-electron chi connectivity index (χ3n) is 4.05. The van der Waals surface area contributed by atoms with E-state index >= 15 is 0 Å². The molecule has 0 amide bonds. The van der Waals surface area contributed by atoms with E-state index in [1.165, 1.54) is 32.1 Å². The van der Waals surface area contributed by atoms with Gasteiger partial charge in [-0.15, -0.1) is 0 Å². The van der Waals surface area contributed by atoms with Gasteiger partial charge in [0.1, 0.15) is 0 Å². The van der Waals surface area contributed by atoms with Crippen LogP contribution in [0.2, 0.25) is 0 Å². The molecule has 0 aromatic heterocycles. The maximum atomic E-state index is 5.90. The van der Waals surface area contributed by atoms with E-state index in [0.717, 1.165) is 38.8 Å². The molecule has 1 aliphatic carbocycles. The van der Waals surface area contributed by atoms with Crippen LogP contribution < -0.4 is 11.1 Å². The van der Waals surface area contributed by atoms with Gasteiger partial charge < -0.3 is 15.8 Å². The maximum Gasteiger partial charge on any atom is 0.0507 e. The summed E-state index contributed by atoms with van der Waals surface area (Å²) in [6.45, 7) is 4.97. The molecule has 0 radical (unpaired) electrons. The number of nitrogens with one attached hydrogen (secondary N) is 1. The summed E-state index contributed by atoms with van der Waals surface area (Å²) in [5.74, 6) is 0.737. The van der Waals surface area contributed by atoms with Gasteiger partial charge in [0.2, 0.25) is 0 Å². The summed E-state index contributed by atoms with van der Waals surface area (Å²) in [6.07, 6.45) is 6.59. The minimum atomic E-state index is 0.416. The molecule has 1 atom stereocenters. The van der Waals surface area contributed by atoms with Crippen LogP contribution in [0, 0.1) is 11.3 Å². The summed E-state index contributed by atoms with van der Waals surface area (Å²) in [5, 5.41) is 3.60. The van der Waals surface area contributed by atoms with Crippen molar-refractivity contribution in [2.24, 2.45) is 17.1 Å². The van der Waals surface area contributed by atoms with Crippen LogP contribution in [-0.2, 0) is 4.74 Å². The molecule has 3 N–H and O–H groups in total. The highest BCUT2D eigenvalue weighted by atomic mass is 16.5. The van der Waals surface area contributed by atoms with Crippen molar-refractivity contribution in [1.29, 1.82) is 0 Å². The molecule has 0 aromatic carbocycles. The molecule has 1 saturated heterocycles. The molecule has 88 valence electrons. The molecule has 0 spiro atoms. The Bertz CT molecular complexity index is 184. The Morgan fingerprint density at radius 2 is 2.13 bits per heavy atom. The lowest BCUT2D eigenvalue weighted by atomic mass is 9.86. The first-order chi connectivity index (χ1) is 7.35. The van der Waals surface area contributed by atoms with Gasteiger partial charge in [-0.3, -0.25) is 0 Å². The van der Waals surface area contributed by atoms with Gasteiger partial charge in [-0.05, 0) is 37.1 Å². The average Bonchev–Trinajstić information content (AvgIpc) is 2.89. The van der Waals surface area contributed by atoms with Crippen molar-refractivity contribution in [3.63, 3.8) is 0 Å². The fourth-order valence-corrected chi connectivity index (χ4v) is 2.86. The Kier molecular flexibility index (Phi) is 4.00. The zero-order valence-corrected chi connectivity index (χ0v) is 9.63. The molecule has 1 saturated carbocycles.